The third kappa shape index (κ3) is 3.96. The summed E-state index contributed by atoms with van der Waals surface area (Å²) in [4.78, 5) is 14.2. The third-order valence-corrected chi connectivity index (χ3v) is 6.43. The van der Waals surface area contributed by atoms with E-state index < -0.39 is 35.0 Å². The Morgan fingerprint density at radius 3 is 2.49 bits per heavy atom. The van der Waals surface area contributed by atoms with Crippen LogP contribution in [0.15, 0.2) is 71.5 Å². The van der Waals surface area contributed by atoms with Crippen molar-refractivity contribution in [2.75, 3.05) is 13.1 Å². The summed E-state index contributed by atoms with van der Waals surface area (Å²) >= 11 is 0. The topological polar surface area (TPSA) is 127 Å². The second-order valence-corrected chi connectivity index (χ2v) is 8.29. The number of fused-ring (bicyclic) bond motifs is 1. The van der Waals surface area contributed by atoms with Gasteiger partial charge in [0.2, 0.25) is 0 Å². The van der Waals surface area contributed by atoms with Gasteiger partial charge in [-0.15, -0.1) is 0 Å². The van der Waals surface area contributed by atoms with Crippen LogP contribution in [0.3, 0.4) is 0 Å². The molecule has 2 aromatic rings. The fourth-order valence-corrected chi connectivity index (χ4v) is 4.74. The van der Waals surface area contributed by atoms with Gasteiger partial charge in [-0.05, 0) is 22.8 Å². The second-order valence-electron chi connectivity index (χ2n) is 8.29. The van der Waals surface area contributed by atoms with Crippen LogP contribution in [0.25, 0.3) is 0 Å². The predicted octanol–water partition coefficient (Wildman–Crippen LogP) is 4.03. The number of benzene rings is 2. The lowest BCUT2D eigenvalue weighted by Crippen LogP contribution is -2.49. The molecule has 0 radical (unpaired) electrons. The van der Waals surface area contributed by atoms with E-state index in [1.54, 1.807) is 18.2 Å². The molecule has 0 saturated heterocycles. The highest BCUT2D eigenvalue weighted by atomic mass is 19.1. The maximum absolute atomic E-state index is 15.0. The lowest BCUT2D eigenvalue weighted by atomic mass is 9.58. The summed E-state index contributed by atoms with van der Waals surface area (Å²) in [6.45, 7) is 0.0528. The number of allylic oxidation sites excluding steroid dienone is 2. The van der Waals surface area contributed by atoms with Crippen molar-refractivity contribution in [3.63, 3.8) is 0 Å². The normalized spacial score (nSPS) is 20.5. The molecule has 35 heavy (non-hydrogen) atoms. The van der Waals surface area contributed by atoms with Crippen molar-refractivity contribution in [3.05, 3.63) is 94.2 Å². The molecular weight excluding hydrogens is 452 g/mol. The van der Waals surface area contributed by atoms with Gasteiger partial charge in [0.15, 0.2) is 5.41 Å². The monoisotopic (exact) mass is 471 g/mol. The summed E-state index contributed by atoms with van der Waals surface area (Å²) in [7, 11) is 0. The molecule has 1 aliphatic carbocycles. The number of hydrogen-bond donors (Lipinski definition) is 1. The number of amides is 1. The maximum Gasteiger partial charge on any atom is 0.410 e. The predicted molar refractivity (Wildman–Crippen MR) is 119 cm³/mol. The van der Waals surface area contributed by atoms with Crippen LogP contribution in [-0.4, -0.2) is 24.1 Å². The van der Waals surface area contributed by atoms with Crippen molar-refractivity contribution in [1.82, 2.24) is 4.90 Å². The van der Waals surface area contributed by atoms with Gasteiger partial charge in [-0.3, -0.25) is 0 Å². The van der Waals surface area contributed by atoms with Crippen molar-refractivity contribution >= 4 is 6.09 Å². The van der Waals surface area contributed by atoms with E-state index >= 15 is 0 Å². The van der Waals surface area contributed by atoms with Crippen molar-refractivity contribution in [1.29, 1.82) is 15.8 Å². The van der Waals surface area contributed by atoms with Crippen LogP contribution in [0.2, 0.25) is 0 Å². The van der Waals surface area contributed by atoms with Crippen LogP contribution in [0, 0.1) is 57.0 Å². The summed E-state index contributed by atoms with van der Waals surface area (Å²) in [5.74, 6) is -3.82. The zero-order valence-electron chi connectivity index (χ0n) is 18.4. The molecule has 2 N–H and O–H groups in total. The van der Waals surface area contributed by atoms with Crippen LogP contribution in [0.4, 0.5) is 13.6 Å². The molecule has 0 fully saturated rings. The number of halogens is 2. The minimum Gasteiger partial charge on any atom is -0.445 e. The van der Waals surface area contributed by atoms with Gasteiger partial charge >= 0.3 is 6.09 Å². The first kappa shape index (κ1) is 23.5. The highest BCUT2D eigenvalue weighted by Gasteiger charge is 2.55. The van der Waals surface area contributed by atoms with Crippen molar-refractivity contribution in [2.24, 2.45) is 17.1 Å². The van der Waals surface area contributed by atoms with E-state index in [9.17, 15) is 29.4 Å². The van der Waals surface area contributed by atoms with Crippen LogP contribution in [-0.2, 0) is 11.3 Å². The summed E-state index contributed by atoms with van der Waals surface area (Å²) in [6.07, 6.45) is 0.944. The molecule has 1 aliphatic heterocycles. The molecule has 174 valence electrons. The molecular formula is C26H19F2N5O2. The Balaban J connectivity index is 1.76. The zero-order valence-corrected chi connectivity index (χ0v) is 18.4. The first-order valence-corrected chi connectivity index (χ1v) is 10.7. The van der Waals surface area contributed by atoms with Crippen LogP contribution in [0.5, 0.6) is 0 Å². The number of hydrogen-bond acceptors (Lipinski definition) is 6. The first-order chi connectivity index (χ1) is 16.9. The van der Waals surface area contributed by atoms with Crippen molar-refractivity contribution in [2.45, 2.75) is 12.5 Å². The zero-order chi connectivity index (χ0) is 25.2. The molecule has 2 atom stereocenters. The smallest absolute Gasteiger partial charge is 0.410 e. The van der Waals surface area contributed by atoms with Gasteiger partial charge in [-0.25, -0.2) is 13.6 Å². The molecule has 0 saturated carbocycles. The van der Waals surface area contributed by atoms with Gasteiger partial charge in [-0.1, -0.05) is 42.5 Å². The summed E-state index contributed by atoms with van der Waals surface area (Å²) in [5, 5.41) is 29.9. The van der Waals surface area contributed by atoms with E-state index in [1.165, 1.54) is 4.90 Å². The molecule has 2 aromatic carbocycles. The van der Waals surface area contributed by atoms with Gasteiger partial charge in [0.05, 0.1) is 23.4 Å². The number of ether oxygens (including phenoxy) is 1. The van der Waals surface area contributed by atoms with E-state index in [4.69, 9.17) is 10.5 Å². The van der Waals surface area contributed by atoms with Crippen LogP contribution < -0.4 is 5.73 Å². The Morgan fingerprint density at radius 2 is 1.86 bits per heavy atom. The maximum atomic E-state index is 15.0. The minimum atomic E-state index is -2.11. The fraction of sp³-hybridized carbons (Fsp3) is 0.231. The summed E-state index contributed by atoms with van der Waals surface area (Å²) in [5.41, 5.74) is 4.82. The molecule has 0 aromatic heterocycles. The number of rotatable bonds is 3. The molecule has 1 heterocycles. The highest BCUT2D eigenvalue weighted by Crippen LogP contribution is 2.54. The quantitative estimate of drug-likeness (QED) is 0.720. The van der Waals surface area contributed by atoms with Crippen molar-refractivity contribution in [3.8, 4) is 18.2 Å². The highest BCUT2D eigenvalue weighted by molar-refractivity contribution is 5.69. The average molecular weight is 471 g/mol. The number of nitrogens with two attached hydrogens (primary N) is 1. The number of nitrogens with zero attached hydrogens (tertiary/aromatic N) is 4. The summed E-state index contributed by atoms with van der Waals surface area (Å²) < 4.78 is 34.0. The van der Waals surface area contributed by atoms with Gasteiger partial charge in [0.1, 0.15) is 24.3 Å². The van der Waals surface area contributed by atoms with E-state index in [2.05, 4.69) is 0 Å². The van der Waals surface area contributed by atoms with Crippen molar-refractivity contribution < 1.29 is 18.3 Å². The lowest BCUT2D eigenvalue weighted by molar-refractivity contribution is 0.0897. The molecule has 0 unspecified atom stereocenters. The standard InChI is InChI=1S/C26H19F2N5O2/c27-17-6-7-19(22(28)10-17)23-21-12-33(25(34)35-13-16-4-2-1-3-5-16)9-8-18(21)20(11-29)24(32)26(23,14-30)15-31/h1-8,10,21,23H,9,12-13,32H2/t21-,23+/m0/s1. The third-order valence-electron chi connectivity index (χ3n) is 6.43. The molecule has 7 nitrogen and oxygen atoms in total. The Bertz CT molecular complexity index is 1350. The van der Waals surface area contributed by atoms with E-state index in [1.807, 2.05) is 36.4 Å². The molecule has 4 rings (SSSR count). The molecule has 1 amide bonds. The number of nitriles is 3. The van der Waals surface area contributed by atoms with Gasteiger partial charge in [0, 0.05) is 31.0 Å². The Kier molecular flexibility index (Phi) is 6.23. The Hall–Kier alpha value is -4.68. The second kappa shape index (κ2) is 9.29. The fourth-order valence-electron chi connectivity index (χ4n) is 4.74. The number of carbonyl (C=O) groups is 1. The minimum absolute atomic E-state index is 0.0318. The van der Waals surface area contributed by atoms with E-state index in [-0.39, 0.29) is 36.5 Å². The van der Waals surface area contributed by atoms with Gasteiger partial charge in [-0.2, -0.15) is 15.8 Å². The molecule has 2 aliphatic rings. The summed E-state index contributed by atoms with van der Waals surface area (Å²) in [6, 6.07) is 17.6. The van der Waals surface area contributed by atoms with Gasteiger partial charge < -0.3 is 15.4 Å². The van der Waals surface area contributed by atoms with Crippen LogP contribution in [0.1, 0.15) is 17.0 Å². The number of carbonyl (C=O) groups excluding carboxylic acids is 1. The SMILES string of the molecule is N#CC1=C(N)C(C#N)(C#N)[C@H](c2ccc(F)cc2F)[C@H]2CN(C(=O)OCc3ccccc3)CC=C12. The largest absolute Gasteiger partial charge is 0.445 e. The van der Waals surface area contributed by atoms with Crippen LogP contribution >= 0.6 is 0 Å². The first-order valence-electron chi connectivity index (χ1n) is 10.7. The van der Waals surface area contributed by atoms with E-state index in [0.29, 0.717) is 11.6 Å². The van der Waals surface area contributed by atoms with Gasteiger partial charge in [0.25, 0.3) is 0 Å². The average Bonchev–Trinajstić information content (AvgIpc) is 2.87. The Labute approximate surface area is 200 Å². The molecule has 0 spiro atoms. The lowest BCUT2D eigenvalue weighted by Gasteiger charge is -2.45. The molecule has 0 bridgehead atoms. The Morgan fingerprint density at radius 1 is 1.14 bits per heavy atom. The van der Waals surface area contributed by atoms with E-state index in [0.717, 1.165) is 17.7 Å². The molecule has 9 heteroatoms.